The average molecular weight is 379 g/mol. The predicted molar refractivity (Wildman–Crippen MR) is 111 cm³/mol. The highest BCUT2D eigenvalue weighted by molar-refractivity contribution is 6.10. The first-order chi connectivity index (χ1) is 13.7. The number of methoxy groups -OCH3 is 1. The van der Waals surface area contributed by atoms with Gasteiger partial charge in [-0.3, -0.25) is 4.79 Å². The molecular weight excluding hydrogens is 354 g/mol. The van der Waals surface area contributed by atoms with Crippen LogP contribution in [0.4, 0.5) is 5.69 Å². The van der Waals surface area contributed by atoms with Crippen molar-refractivity contribution in [3.05, 3.63) is 71.8 Å². The minimum atomic E-state index is -0.210. The summed E-state index contributed by atoms with van der Waals surface area (Å²) in [6.07, 6.45) is 0.838. The maximum absolute atomic E-state index is 13.0. The number of ether oxygens (including phenoxy) is 3. The molecule has 0 fully saturated rings. The maximum Gasteiger partial charge on any atom is 0.259 e. The summed E-state index contributed by atoms with van der Waals surface area (Å²) >= 11 is 0. The number of benzene rings is 3. The van der Waals surface area contributed by atoms with Crippen molar-refractivity contribution in [2.24, 2.45) is 0 Å². The summed E-state index contributed by atoms with van der Waals surface area (Å²) in [6, 6.07) is 19.3. The van der Waals surface area contributed by atoms with Crippen LogP contribution in [0.1, 0.15) is 22.8 Å². The Morgan fingerprint density at radius 2 is 1.75 bits per heavy atom. The quantitative estimate of drug-likeness (QED) is 0.434. The van der Waals surface area contributed by atoms with Crippen molar-refractivity contribution in [3.63, 3.8) is 0 Å². The van der Waals surface area contributed by atoms with Crippen LogP contribution >= 0.6 is 0 Å². The first-order valence-electron chi connectivity index (χ1n) is 9.35. The van der Waals surface area contributed by atoms with Crippen LogP contribution in [-0.2, 0) is 15.9 Å². The zero-order chi connectivity index (χ0) is 19.8. The first kappa shape index (κ1) is 19.9. The minimum absolute atomic E-state index is 0.0448. The highest BCUT2D eigenvalue weighted by Crippen LogP contribution is 2.31. The smallest absolute Gasteiger partial charge is 0.259 e. The maximum atomic E-state index is 13.0. The van der Waals surface area contributed by atoms with Gasteiger partial charge >= 0.3 is 0 Å². The van der Waals surface area contributed by atoms with Crippen LogP contribution < -0.4 is 10.1 Å². The lowest BCUT2D eigenvalue weighted by atomic mass is 10.0. The topological polar surface area (TPSA) is 56.8 Å². The standard InChI is InChI=1S/C23H25NO4/c1-3-17-8-5-7-11-21(17)24-23(25)20-13-12-18-9-4-6-10-19(18)22(20)28-16-27-15-14-26-2/h4-13H,3,14-16H2,1-2H3,(H,24,25). The van der Waals surface area contributed by atoms with Gasteiger partial charge < -0.3 is 19.5 Å². The predicted octanol–water partition coefficient (Wildman–Crippen LogP) is 4.65. The second kappa shape index (κ2) is 9.88. The van der Waals surface area contributed by atoms with Gasteiger partial charge in [0.05, 0.1) is 18.8 Å². The Bertz CT molecular complexity index is 939. The summed E-state index contributed by atoms with van der Waals surface area (Å²) in [4.78, 5) is 13.0. The number of para-hydroxylation sites is 1. The van der Waals surface area contributed by atoms with Gasteiger partial charge in [0.1, 0.15) is 5.75 Å². The number of aryl methyl sites for hydroxylation is 1. The second-order valence-corrected chi connectivity index (χ2v) is 6.29. The number of anilines is 1. The minimum Gasteiger partial charge on any atom is -0.466 e. The van der Waals surface area contributed by atoms with E-state index >= 15 is 0 Å². The van der Waals surface area contributed by atoms with Gasteiger partial charge in [0.25, 0.3) is 5.91 Å². The molecule has 28 heavy (non-hydrogen) atoms. The highest BCUT2D eigenvalue weighted by atomic mass is 16.7. The Kier molecular flexibility index (Phi) is 7.00. The Labute approximate surface area is 165 Å². The molecule has 5 nitrogen and oxygen atoms in total. The number of nitrogens with one attached hydrogen (secondary N) is 1. The molecule has 0 aliphatic carbocycles. The molecule has 3 aromatic carbocycles. The third-order valence-electron chi connectivity index (χ3n) is 4.49. The number of carbonyl (C=O) groups excluding carboxylic acids is 1. The van der Waals surface area contributed by atoms with Gasteiger partial charge in [-0.1, -0.05) is 55.5 Å². The molecule has 3 aromatic rings. The molecule has 0 aliphatic rings. The molecular formula is C23H25NO4. The number of fused-ring (bicyclic) bond motifs is 1. The number of hydrogen-bond acceptors (Lipinski definition) is 4. The third kappa shape index (κ3) is 4.68. The van der Waals surface area contributed by atoms with E-state index in [1.165, 1.54) is 0 Å². The number of amides is 1. The Balaban J connectivity index is 1.88. The van der Waals surface area contributed by atoms with Gasteiger partial charge in [-0.05, 0) is 29.5 Å². The number of rotatable bonds is 9. The molecule has 5 heteroatoms. The third-order valence-corrected chi connectivity index (χ3v) is 4.49. The van der Waals surface area contributed by atoms with E-state index in [1.807, 2.05) is 54.6 Å². The van der Waals surface area contributed by atoms with E-state index in [9.17, 15) is 4.79 Å². The van der Waals surface area contributed by atoms with Crippen LogP contribution in [0.25, 0.3) is 10.8 Å². The first-order valence-corrected chi connectivity index (χ1v) is 9.35. The molecule has 1 N–H and O–H groups in total. The monoisotopic (exact) mass is 379 g/mol. The molecule has 0 saturated carbocycles. The molecule has 0 saturated heterocycles. The molecule has 1 amide bonds. The fourth-order valence-corrected chi connectivity index (χ4v) is 3.02. The zero-order valence-corrected chi connectivity index (χ0v) is 16.2. The van der Waals surface area contributed by atoms with E-state index in [-0.39, 0.29) is 12.7 Å². The molecule has 0 radical (unpaired) electrons. The van der Waals surface area contributed by atoms with Crippen LogP contribution in [0, 0.1) is 0 Å². The molecule has 0 aliphatic heterocycles. The van der Waals surface area contributed by atoms with Crippen LogP contribution in [0.3, 0.4) is 0 Å². The average Bonchev–Trinajstić information content (AvgIpc) is 2.73. The van der Waals surface area contributed by atoms with Gasteiger partial charge in [0.15, 0.2) is 6.79 Å². The number of carbonyl (C=O) groups is 1. The van der Waals surface area contributed by atoms with Crippen LogP contribution in [-0.4, -0.2) is 33.0 Å². The van der Waals surface area contributed by atoms with Crippen molar-refractivity contribution >= 4 is 22.4 Å². The lowest BCUT2D eigenvalue weighted by Crippen LogP contribution is -2.16. The Hall–Kier alpha value is -2.89. The lowest BCUT2D eigenvalue weighted by molar-refractivity contribution is -0.00804. The van der Waals surface area contributed by atoms with Crippen LogP contribution in [0.15, 0.2) is 60.7 Å². The van der Waals surface area contributed by atoms with Crippen molar-refractivity contribution in [1.82, 2.24) is 0 Å². The fraction of sp³-hybridized carbons (Fsp3) is 0.261. The van der Waals surface area contributed by atoms with E-state index in [0.717, 1.165) is 28.4 Å². The largest absolute Gasteiger partial charge is 0.466 e. The van der Waals surface area contributed by atoms with E-state index in [0.29, 0.717) is 24.5 Å². The van der Waals surface area contributed by atoms with Gasteiger partial charge in [0, 0.05) is 18.2 Å². The van der Waals surface area contributed by atoms with Crippen molar-refractivity contribution in [2.75, 3.05) is 32.4 Å². The van der Waals surface area contributed by atoms with E-state index in [1.54, 1.807) is 13.2 Å². The molecule has 146 valence electrons. The normalized spacial score (nSPS) is 10.8. The van der Waals surface area contributed by atoms with E-state index in [2.05, 4.69) is 12.2 Å². The second-order valence-electron chi connectivity index (χ2n) is 6.29. The molecule has 0 bridgehead atoms. The Morgan fingerprint density at radius 1 is 0.964 bits per heavy atom. The number of hydrogen-bond donors (Lipinski definition) is 1. The molecule has 0 atom stereocenters. The van der Waals surface area contributed by atoms with E-state index in [4.69, 9.17) is 14.2 Å². The van der Waals surface area contributed by atoms with Gasteiger partial charge in [-0.2, -0.15) is 0 Å². The molecule has 0 heterocycles. The van der Waals surface area contributed by atoms with Crippen molar-refractivity contribution in [3.8, 4) is 5.75 Å². The van der Waals surface area contributed by atoms with E-state index < -0.39 is 0 Å². The summed E-state index contributed by atoms with van der Waals surface area (Å²) in [5.41, 5.74) is 2.37. The highest BCUT2D eigenvalue weighted by Gasteiger charge is 2.17. The zero-order valence-electron chi connectivity index (χ0n) is 16.2. The molecule has 3 rings (SSSR count). The van der Waals surface area contributed by atoms with Crippen molar-refractivity contribution in [1.29, 1.82) is 0 Å². The molecule has 0 unspecified atom stereocenters. The summed E-state index contributed by atoms with van der Waals surface area (Å²) in [5.74, 6) is 0.306. The summed E-state index contributed by atoms with van der Waals surface area (Å²) < 4.78 is 16.3. The van der Waals surface area contributed by atoms with Crippen molar-refractivity contribution < 1.29 is 19.0 Å². The van der Waals surface area contributed by atoms with Gasteiger partial charge in [0.2, 0.25) is 0 Å². The summed E-state index contributed by atoms with van der Waals surface area (Å²) in [5, 5.41) is 4.88. The van der Waals surface area contributed by atoms with Crippen LogP contribution in [0.2, 0.25) is 0 Å². The molecule has 0 aromatic heterocycles. The summed E-state index contributed by atoms with van der Waals surface area (Å²) in [7, 11) is 1.62. The van der Waals surface area contributed by atoms with Gasteiger partial charge in [-0.15, -0.1) is 0 Å². The summed E-state index contributed by atoms with van der Waals surface area (Å²) in [6.45, 7) is 3.02. The van der Waals surface area contributed by atoms with Crippen molar-refractivity contribution in [2.45, 2.75) is 13.3 Å². The Morgan fingerprint density at radius 3 is 2.57 bits per heavy atom. The SMILES string of the molecule is CCc1ccccc1NC(=O)c1ccc2ccccc2c1OCOCCOC. The van der Waals surface area contributed by atoms with Crippen LogP contribution in [0.5, 0.6) is 5.75 Å². The lowest BCUT2D eigenvalue weighted by Gasteiger charge is -2.15. The fourth-order valence-electron chi connectivity index (χ4n) is 3.02. The molecule has 0 spiro atoms. The van der Waals surface area contributed by atoms with Gasteiger partial charge in [-0.25, -0.2) is 0 Å².